The standard InChI is InChI=1S/C14H13F4N3S/c15-10-3-1-2-4-11(10)20-5-7-21(8-6-20)13-19-12(9-22-13)14(16,17)18/h1-4,9H,5-8H2. The van der Waals surface area contributed by atoms with Crippen LogP contribution in [0.4, 0.5) is 28.4 Å². The number of aromatic nitrogens is 1. The van der Waals surface area contributed by atoms with E-state index in [0.717, 1.165) is 16.7 Å². The second-order valence-corrected chi connectivity index (χ2v) is 5.78. The van der Waals surface area contributed by atoms with Crippen LogP contribution in [0.2, 0.25) is 0 Å². The smallest absolute Gasteiger partial charge is 0.366 e. The number of alkyl halides is 3. The first-order valence-electron chi connectivity index (χ1n) is 6.72. The molecule has 1 aromatic carbocycles. The van der Waals surface area contributed by atoms with Crippen molar-refractivity contribution in [3.05, 3.63) is 41.2 Å². The lowest BCUT2D eigenvalue weighted by atomic mass is 10.2. The van der Waals surface area contributed by atoms with E-state index < -0.39 is 11.9 Å². The van der Waals surface area contributed by atoms with Gasteiger partial charge < -0.3 is 9.80 Å². The van der Waals surface area contributed by atoms with Crippen LogP contribution in [-0.2, 0) is 6.18 Å². The van der Waals surface area contributed by atoms with Gasteiger partial charge >= 0.3 is 6.18 Å². The van der Waals surface area contributed by atoms with E-state index in [1.807, 2.05) is 4.90 Å². The molecule has 2 aromatic rings. The molecule has 0 amide bonds. The molecule has 1 saturated heterocycles. The maximum Gasteiger partial charge on any atom is 0.434 e. The Balaban J connectivity index is 1.67. The summed E-state index contributed by atoms with van der Waals surface area (Å²) in [5, 5.41) is 1.39. The first-order valence-corrected chi connectivity index (χ1v) is 7.60. The van der Waals surface area contributed by atoms with Crippen molar-refractivity contribution in [2.75, 3.05) is 36.0 Å². The van der Waals surface area contributed by atoms with Crippen molar-refractivity contribution < 1.29 is 17.6 Å². The van der Waals surface area contributed by atoms with Crippen LogP contribution in [0, 0.1) is 5.82 Å². The Morgan fingerprint density at radius 2 is 1.64 bits per heavy atom. The Morgan fingerprint density at radius 3 is 2.23 bits per heavy atom. The summed E-state index contributed by atoms with van der Waals surface area (Å²) >= 11 is 0.985. The van der Waals surface area contributed by atoms with Crippen LogP contribution in [0.3, 0.4) is 0 Å². The highest BCUT2D eigenvalue weighted by Crippen LogP contribution is 2.33. The highest BCUT2D eigenvalue weighted by atomic mass is 32.1. The van der Waals surface area contributed by atoms with E-state index in [9.17, 15) is 17.6 Å². The molecule has 1 aliphatic rings. The molecular weight excluding hydrogens is 318 g/mol. The van der Waals surface area contributed by atoms with Crippen molar-refractivity contribution in [2.24, 2.45) is 0 Å². The van der Waals surface area contributed by atoms with Gasteiger partial charge in [-0.05, 0) is 12.1 Å². The molecule has 1 aromatic heterocycles. The van der Waals surface area contributed by atoms with Gasteiger partial charge in [-0.1, -0.05) is 12.1 Å². The molecule has 22 heavy (non-hydrogen) atoms. The average Bonchev–Trinajstić information content (AvgIpc) is 2.98. The summed E-state index contributed by atoms with van der Waals surface area (Å²) in [6.07, 6.45) is -4.41. The number of hydrogen-bond acceptors (Lipinski definition) is 4. The fraction of sp³-hybridized carbons (Fsp3) is 0.357. The first kappa shape index (κ1) is 15.1. The summed E-state index contributed by atoms with van der Waals surface area (Å²) in [4.78, 5) is 7.34. The van der Waals surface area contributed by atoms with Crippen molar-refractivity contribution in [1.29, 1.82) is 0 Å². The van der Waals surface area contributed by atoms with Gasteiger partial charge in [-0.15, -0.1) is 11.3 Å². The lowest BCUT2D eigenvalue weighted by Crippen LogP contribution is -2.46. The van der Waals surface area contributed by atoms with Crippen molar-refractivity contribution in [3.63, 3.8) is 0 Å². The van der Waals surface area contributed by atoms with Gasteiger partial charge in [-0.2, -0.15) is 13.2 Å². The van der Waals surface area contributed by atoms with Crippen molar-refractivity contribution >= 4 is 22.2 Å². The monoisotopic (exact) mass is 331 g/mol. The van der Waals surface area contributed by atoms with Crippen LogP contribution >= 0.6 is 11.3 Å². The maximum atomic E-state index is 13.7. The molecule has 0 atom stereocenters. The van der Waals surface area contributed by atoms with Crippen molar-refractivity contribution in [1.82, 2.24) is 4.98 Å². The number of anilines is 2. The van der Waals surface area contributed by atoms with Crippen LogP contribution in [0.5, 0.6) is 0 Å². The molecule has 0 spiro atoms. The van der Waals surface area contributed by atoms with Gasteiger partial charge in [0.2, 0.25) is 0 Å². The molecule has 1 fully saturated rings. The van der Waals surface area contributed by atoms with Crippen molar-refractivity contribution in [2.45, 2.75) is 6.18 Å². The number of hydrogen-bond donors (Lipinski definition) is 0. The van der Waals surface area contributed by atoms with Gasteiger partial charge in [0.05, 0.1) is 5.69 Å². The van der Waals surface area contributed by atoms with E-state index in [1.165, 1.54) is 6.07 Å². The number of piperazine rings is 1. The minimum Gasteiger partial charge on any atom is -0.366 e. The van der Waals surface area contributed by atoms with E-state index in [4.69, 9.17) is 0 Å². The molecule has 3 nitrogen and oxygen atoms in total. The third kappa shape index (κ3) is 3.01. The largest absolute Gasteiger partial charge is 0.434 e. The summed E-state index contributed by atoms with van der Waals surface area (Å²) in [6, 6.07) is 6.50. The Kier molecular flexibility index (Phi) is 3.94. The molecule has 3 rings (SSSR count). The highest BCUT2D eigenvalue weighted by Gasteiger charge is 2.34. The third-order valence-electron chi connectivity index (χ3n) is 3.53. The van der Waals surface area contributed by atoms with Gasteiger partial charge in [0, 0.05) is 31.6 Å². The molecule has 0 radical (unpaired) electrons. The van der Waals surface area contributed by atoms with Crippen LogP contribution in [0.25, 0.3) is 0 Å². The lowest BCUT2D eigenvalue weighted by Gasteiger charge is -2.36. The second kappa shape index (κ2) is 5.75. The predicted octanol–water partition coefficient (Wildman–Crippen LogP) is 3.63. The minimum atomic E-state index is -4.41. The third-order valence-corrected chi connectivity index (χ3v) is 4.43. The SMILES string of the molecule is Fc1ccccc1N1CCN(c2nc(C(F)(F)F)cs2)CC1. The van der Waals surface area contributed by atoms with Crippen LogP contribution in [0.15, 0.2) is 29.6 Å². The fourth-order valence-corrected chi connectivity index (χ4v) is 3.27. The summed E-state index contributed by atoms with van der Waals surface area (Å²) in [5.41, 5.74) is -0.332. The number of nitrogens with zero attached hydrogens (tertiary/aromatic N) is 3. The number of thiazole rings is 1. The number of para-hydroxylation sites is 1. The van der Waals surface area contributed by atoms with Crippen LogP contribution in [-0.4, -0.2) is 31.2 Å². The first-order chi connectivity index (χ1) is 10.4. The molecule has 1 aliphatic heterocycles. The number of rotatable bonds is 2. The van der Waals surface area contributed by atoms with Gasteiger partial charge in [-0.3, -0.25) is 0 Å². The van der Waals surface area contributed by atoms with E-state index in [1.54, 1.807) is 23.1 Å². The quantitative estimate of drug-likeness (QED) is 0.784. The summed E-state index contributed by atoms with van der Waals surface area (Å²) in [7, 11) is 0. The van der Waals surface area contributed by atoms with Crippen LogP contribution in [0.1, 0.15) is 5.69 Å². The molecule has 2 heterocycles. The second-order valence-electron chi connectivity index (χ2n) is 4.94. The number of benzene rings is 1. The Bertz CT molecular complexity index is 648. The van der Waals surface area contributed by atoms with Gasteiger partial charge in [0.15, 0.2) is 10.8 Å². The van der Waals surface area contributed by atoms with E-state index >= 15 is 0 Å². The van der Waals surface area contributed by atoms with E-state index in [2.05, 4.69) is 4.98 Å². The summed E-state index contributed by atoms with van der Waals surface area (Å²) < 4.78 is 51.5. The molecule has 0 bridgehead atoms. The van der Waals surface area contributed by atoms with E-state index in [-0.39, 0.29) is 5.82 Å². The molecule has 0 saturated carbocycles. The normalized spacial score (nSPS) is 16.2. The molecule has 0 unspecified atom stereocenters. The summed E-state index contributed by atoms with van der Waals surface area (Å²) in [5.74, 6) is -0.287. The zero-order valence-electron chi connectivity index (χ0n) is 11.5. The van der Waals surface area contributed by atoms with Crippen LogP contribution < -0.4 is 9.80 Å². The molecule has 118 valence electrons. The van der Waals surface area contributed by atoms with Crippen molar-refractivity contribution in [3.8, 4) is 0 Å². The number of halogens is 4. The molecular formula is C14H13F4N3S. The zero-order valence-corrected chi connectivity index (χ0v) is 12.3. The van der Waals surface area contributed by atoms with Gasteiger partial charge in [0.1, 0.15) is 5.82 Å². The predicted molar refractivity (Wildman–Crippen MR) is 77.9 cm³/mol. The van der Waals surface area contributed by atoms with Gasteiger partial charge in [-0.25, -0.2) is 9.37 Å². The average molecular weight is 331 g/mol. The Hall–Kier alpha value is -1.83. The lowest BCUT2D eigenvalue weighted by molar-refractivity contribution is -0.140. The summed E-state index contributed by atoms with van der Waals surface area (Å²) in [6.45, 7) is 2.11. The molecule has 0 aliphatic carbocycles. The Morgan fingerprint density at radius 1 is 1.00 bits per heavy atom. The minimum absolute atomic E-state index is 0.287. The fourth-order valence-electron chi connectivity index (χ4n) is 2.39. The molecule has 8 heteroatoms. The molecule has 0 N–H and O–H groups in total. The Labute approximate surface area is 128 Å². The van der Waals surface area contributed by atoms with Gasteiger partial charge in [0.25, 0.3) is 0 Å². The topological polar surface area (TPSA) is 19.4 Å². The highest BCUT2D eigenvalue weighted by molar-refractivity contribution is 7.13. The zero-order chi connectivity index (χ0) is 15.7. The maximum absolute atomic E-state index is 13.7. The van der Waals surface area contributed by atoms with E-state index in [0.29, 0.717) is 37.0 Å².